The Morgan fingerprint density at radius 2 is 2.36 bits per heavy atom. The van der Waals surface area contributed by atoms with Crippen molar-refractivity contribution in [1.29, 1.82) is 0 Å². The Labute approximate surface area is 64.9 Å². The normalized spacial score (nSPS) is 9.18. The molecular weight excluding hydrogens is 140 g/mol. The summed E-state index contributed by atoms with van der Waals surface area (Å²) in [7, 11) is 0. The highest BCUT2D eigenvalue weighted by Crippen LogP contribution is 2.12. The van der Waals surface area contributed by atoms with Crippen molar-refractivity contribution in [1.82, 2.24) is 10.4 Å². The van der Waals surface area contributed by atoms with Crippen molar-refractivity contribution in [2.45, 2.75) is 0 Å². The number of nitrogens with zero attached hydrogens (tertiary/aromatic N) is 1. The summed E-state index contributed by atoms with van der Waals surface area (Å²) in [6.07, 6.45) is 1.63. The van der Waals surface area contributed by atoms with Crippen LogP contribution in [0.4, 0.5) is 5.69 Å². The van der Waals surface area contributed by atoms with Crippen LogP contribution in [0.3, 0.4) is 0 Å². The molecule has 0 aliphatic carbocycles. The van der Waals surface area contributed by atoms with Gasteiger partial charge in [-0.3, -0.25) is 10.8 Å². The van der Waals surface area contributed by atoms with E-state index in [0.29, 0.717) is 17.1 Å². The van der Waals surface area contributed by atoms with Crippen LogP contribution in [0.15, 0.2) is 24.9 Å². The Balaban J connectivity index is 3.03. The van der Waals surface area contributed by atoms with Crippen molar-refractivity contribution in [2.24, 2.45) is 5.84 Å². The molecule has 0 saturated heterocycles. The first-order chi connectivity index (χ1) is 5.25. The van der Waals surface area contributed by atoms with Crippen molar-refractivity contribution in [3.63, 3.8) is 0 Å². The second-order valence-electron chi connectivity index (χ2n) is 2.06. The number of hydrogen-bond donors (Lipinski definition) is 3. The second kappa shape index (κ2) is 3.03. The van der Waals surface area contributed by atoms with E-state index in [4.69, 9.17) is 11.6 Å². The van der Waals surface area contributed by atoms with Crippen LogP contribution < -0.4 is 17.0 Å². The van der Waals surface area contributed by atoms with Crippen LogP contribution in [0.25, 0.3) is 5.70 Å². The minimum atomic E-state index is 0.517. The lowest BCUT2D eigenvalue weighted by Gasteiger charge is -2.05. The van der Waals surface area contributed by atoms with Crippen LogP contribution in [-0.4, -0.2) is 4.98 Å². The molecule has 1 aromatic rings. The molecule has 0 amide bonds. The van der Waals surface area contributed by atoms with E-state index in [1.54, 1.807) is 18.3 Å². The molecule has 1 rings (SSSR count). The van der Waals surface area contributed by atoms with Gasteiger partial charge < -0.3 is 11.2 Å². The average Bonchev–Trinajstić information content (AvgIpc) is 2.04. The Kier molecular flexibility index (Phi) is 2.08. The number of pyridine rings is 1. The van der Waals surface area contributed by atoms with Crippen molar-refractivity contribution in [2.75, 3.05) is 5.73 Å². The Hall–Kier alpha value is -1.55. The van der Waals surface area contributed by atoms with E-state index >= 15 is 0 Å². The minimum absolute atomic E-state index is 0.517. The van der Waals surface area contributed by atoms with Crippen LogP contribution in [0.2, 0.25) is 0 Å². The lowest BCUT2D eigenvalue weighted by molar-refractivity contribution is 0.982. The molecule has 0 spiro atoms. The molecule has 0 saturated carbocycles. The molecule has 0 unspecified atom stereocenters. The number of nitrogen functional groups attached to an aromatic ring is 1. The fourth-order valence-electron chi connectivity index (χ4n) is 0.738. The number of aromatic nitrogens is 1. The van der Waals surface area contributed by atoms with Gasteiger partial charge in [0.05, 0.1) is 11.4 Å². The molecule has 0 fully saturated rings. The molecule has 5 N–H and O–H groups in total. The third-order valence-electron chi connectivity index (χ3n) is 1.30. The van der Waals surface area contributed by atoms with E-state index in [2.05, 4.69) is 17.0 Å². The van der Waals surface area contributed by atoms with E-state index in [9.17, 15) is 0 Å². The van der Waals surface area contributed by atoms with Gasteiger partial charge in [0.25, 0.3) is 0 Å². The van der Waals surface area contributed by atoms with Gasteiger partial charge in [-0.05, 0) is 12.1 Å². The third-order valence-corrected chi connectivity index (χ3v) is 1.30. The van der Waals surface area contributed by atoms with Crippen LogP contribution in [0, 0.1) is 0 Å². The standard InChI is InChI=1S/C7H10N4/c1-5(11-9)7-6(8)3-2-4-10-7/h2-4,11H,1,8-9H2. The lowest BCUT2D eigenvalue weighted by Crippen LogP contribution is -2.20. The van der Waals surface area contributed by atoms with E-state index in [1.165, 1.54) is 0 Å². The Bertz CT molecular complexity index is 269. The maximum absolute atomic E-state index is 5.58. The molecule has 4 heteroatoms. The van der Waals surface area contributed by atoms with E-state index in [0.717, 1.165) is 0 Å². The summed E-state index contributed by atoms with van der Waals surface area (Å²) in [5.74, 6) is 5.13. The molecule has 0 aliphatic heterocycles. The number of rotatable bonds is 2. The zero-order valence-electron chi connectivity index (χ0n) is 6.04. The third kappa shape index (κ3) is 1.47. The largest absolute Gasteiger partial charge is 0.397 e. The molecule has 0 aromatic carbocycles. The maximum atomic E-state index is 5.58. The van der Waals surface area contributed by atoms with Crippen molar-refractivity contribution < 1.29 is 0 Å². The predicted molar refractivity (Wildman–Crippen MR) is 45.0 cm³/mol. The molecule has 4 nitrogen and oxygen atoms in total. The van der Waals surface area contributed by atoms with Crippen LogP contribution in [-0.2, 0) is 0 Å². The summed E-state index contributed by atoms with van der Waals surface area (Å²) in [6.45, 7) is 3.63. The van der Waals surface area contributed by atoms with Gasteiger partial charge in [-0.1, -0.05) is 6.58 Å². The summed E-state index contributed by atoms with van der Waals surface area (Å²) in [4.78, 5) is 3.98. The summed E-state index contributed by atoms with van der Waals surface area (Å²) in [5.41, 5.74) is 9.64. The SMILES string of the molecule is C=C(NN)c1ncccc1N. The first-order valence-electron chi connectivity index (χ1n) is 3.12. The van der Waals surface area contributed by atoms with Crippen LogP contribution in [0.1, 0.15) is 5.69 Å². The van der Waals surface area contributed by atoms with Crippen molar-refractivity contribution >= 4 is 11.4 Å². The highest BCUT2D eigenvalue weighted by atomic mass is 15.2. The molecule has 1 heterocycles. The molecule has 0 bridgehead atoms. The summed E-state index contributed by atoms with van der Waals surface area (Å²) < 4.78 is 0. The lowest BCUT2D eigenvalue weighted by atomic mass is 10.2. The van der Waals surface area contributed by atoms with Gasteiger partial charge in [-0.2, -0.15) is 0 Å². The van der Waals surface area contributed by atoms with Gasteiger partial charge in [0.15, 0.2) is 0 Å². The molecular formula is C7H10N4. The number of anilines is 1. The minimum Gasteiger partial charge on any atom is -0.397 e. The van der Waals surface area contributed by atoms with Gasteiger partial charge in [0, 0.05) is 6.20 Å². The molecule has 1 aromatic heterocycles. The second-order valence-corrected chi connectivity index (χ2v) is 2.06. The van der Waals surface area contributed by atoms with E-state index in [-0.39, 0.29) is 0 Å². The molecule has 0 aliphatic rings. The van der Waals surface area contributed by atoms with Crippen LogP contribution in [0.5, 0.6) is 0 Å². The Morgan fingerprint density at radius 3 is 2.91 bits per heavy atom. The number of nitrogens with two attached hydrogens (primary N) is 2. The highest BCUT2D eigenvalue weighted by molar-refractivity contribution is 5.68. The zero-order chi connectivity index (χ0) is 8.27. The van der Waals surface area contributed by atoms with Gasteiger partial charge in [-0.25, -0.2) is 0 Å². The quantitative estimate of drug-likeness (QED) is 0.412. The van der Waals surface area contributed by atoms with Gasteiger partial charge >= 0.3 is 0 Å². The van der Waals surface area contributed by atoms with Crippen molar-refractivity contribution in [3.8, 4) is 0 Å². The predicted octanol–water partition coefficient (Wildman–Crippen LogP) is 0.0978. The van der Waals surface area contributed by atoms with Crippen molar-refractivity contribution in [3.05, 3.63) is 30.6 Å². The van der Waals surface area contributed by atoms with Crippen LogP contribution >= 0.6 is 0 Å². The highest BCUT2D eigenvalue weighted by Gasteiger charge is 2.00. The smallest absolute Gasteiger partial charge is 0.110 e. The fraction of sp³-hybridized carbons (Fsp3) is 0. The fourth-order valence-corrected chi connectivity index (χ4v) is 0.738. The zero-order valence-corrected chi connectivity index (χ0v) is 6.04. The first kappa shape index (κ1) is 7.56. The summed E-state index contributed by atoms with van der Waals surface area (Å²) in [5, 5.41) is 0. The average molecular weight is 150 g/mol. The number of hydrogen-bond acceptors (Lipinski definition) is 4. The van der Waals surface area contributed by atoms with Gasteiger partial charge in [0.1, 0.15) is 5.69 Å². The maximum Gasteiger partial charge on any atom is 0.110 e. The van der Waals surface area contributed by atoms with Gasteiger partial charge in [0.2, 0.25) is 0 Å². The van der Waals surface area contributed by atoms with Gasteiger partial charge in [-0.15, -0.1) is 0 Å². The topological polar surface area (TPSA) is 77.0 Å². The molecule has 11 heavy (non-hydrogen) atoms. The van der Waals surface area contributed by atoms with E-state index in [1.807, 2.05) is 0 Å². The number of hydrazine groups is 1. The molecule has 0 atom stereocenters. The summed E-state index contributed by atoms with van der Waals surface area (Å²) in [6, 6.07) is 3.49. The molecule has 0 radical (unpaired) electrons. The summed E-state index contributed by atoms with van der Waals surface area (Å²) >= 11 is 0. The molecule has 58 valence electrons. The Morgan fingerprint density at radius 1 is 1.64 bits per heavy atom. The first-order valence-corrected chi connectivity index (χ1v) is 3.12. The monoisotopic (exact) mass is 150 g/mol. The number of nitrogens with one attached hydrogen (secondary N) is 1. The van der Waals surface area contributed by atoms with E-state index < -0.39 is 0 Å².